The van der Waals surface area contributed by atoms with Gasteiger partial charge in [-0.15, -0.1) is 0 Å². The van der Waals surface area contributed by atoms with Gasteiger partial charge in [-0.3, -0.25) is 0 Å². The summed E-state index contributed by atoms with van der Waals surface area (Å²) in [5.41, 5.74) is 15.3. The topological polar surface area (TPSA) is 29.3 Å². The van der Waals surface area contributed by atoms with Gasteiger partial charge in [0.25, 0.3) is 0 Å². The molecule has 0 N–H and O–H groups in total. The van der Waals surface area contributed by atoms with Gasteiger partial charge in [-0.1, -0.05) is 170 Å². The summed E-state index contributed by atoms with van der Waals surface area (Å²) in [5.74, 6) is 0.624. The molecule has 1 heterocycles. The lowest BCUT2D eigenvalue weighted by Crippen LogP contribution is -2.09. The van der Waals surface area contributed by atoms with Crippen molar-refractivity contribution in [3.63, 3.8) is 0 Å². The van der Waals surface area contributed by atoms with Crippen molar-refractivity contribution in [2.75, 3.05) is 4.90 Å². The lowest BCUT2D eigenvalue weighted by molar-refractivity contribution is 0.623. The predicted molar refractivity (Wildman–Crippen MR) is 251 cm³/mol. The molecular weight excluding hydrogens is 729 g/mol. The first kappa shape index (κ1) is 35.2. The molecule has 0 amide bonds. The van der Waals surface area contributed by atoms with Crippen molar-refractivity contribution < 1.29 is 4.42 Å². The standard InChI is InChI=1S/C57H38N2O/c1-4-10-39(11-5-1)42-16-19-47(20-17-42)57-58-54-37-29-46-18-21-49-38-48(28-36-53(49)55(46)56(54)60-57)45-26-34-52(35-27-45)59(50-30-22-43(23-31-50)40-12-6-2-7-13-40)51-32-24-44(25-33-51)41-14-8-3-9-15-41/h1-38H. The van der Waals surface area contributed by atoms with E-state index in [9.17, 15) is 0 Å². The van der Waals surface area contributed by atoms with Crippen LogP contribution in [0.4, 0.5) is 17.1 Å². The normalized spacial score (nSPS) is 11.3. The fourth-order valence-electron chi connectivity index (χ4n) is 8.39. The second-order valence-electron chi connectivity index (χ2n) is 15.2. The zero-order valence-electron chi connectivity index (χ0n) is 32.7. The van der Waals surface area contributed by atoms with Gasteiger partial charge in [0.1, 0.15) is 5.52 Å². The van der Waals surface area contributed by atoms with Gasteiger partial charge in [-0.05, 0) is 121 Å². The van der Waals surface area contributed by atoms with Gasteiger partial charge in [0, 0.05) is 28.0 Å². The Labute approximate surface area is 349 Å². The van der Waals surface area contributed by atoms with Gasteiger partial charge < -0.3 is 9.32 Å². The molecule has 0 atom stereocenters. The van der Waals surface area contributed by atoms with Gasteiger partial charge in [0.15, 0.2) is 5.58 Å². The smallest absolute Gasteiger partial charge is 0.227 e. The molecule has 60 heavy (non-hydrogen) atoms. The minimum absolute atomic E-state index is 0.624. The van der Waals surface area contributed by atoms with E-state index in [4.69, 9.17) is 9.40 Å². The number of nitrogens with zero attached hydrogens (tertiary/aromatic N) is 2. The number of benzene rings is 10. The number of hydrogen-bond acceptors (Lipinski definition) is 3. The van der Waals surface area contributed by atoms with Crippen molar-refractivity contribution in [2.45, 2.75) is 0 Å². The van der Waals surface area contributed by atoms with E-state index in [0.29, 0.717) is 5.89 Å². The van der Waals surface area contributed by atoms with E-state index >= 15 is 0 Å². The fourth-order valence-corrected chi connectivity index (χ4v) is 8.39. The van der Waals surface area contributed by atoms with E-state index in [1.807, 2.05) is 6.07 Å². The highest BCUT2D eigenvalue weighted by molar-refractivity contribution is 6.18. The maximum Gasteiger partial charge on any atom is 0.227 e. The lowest BCUT2D eigenvalue weighted by Gasteiger charge is -2.26. The van der Waals surface area contributed by atoms with Crippen molar-refractivity contribution >= 4 is 49.7 Å². The molecular formula is C57H38N2O. The van der Waals surface area contributed by atoms with E-state index in [1.54, 1.807) is 0 Å². The molecule has 0 saturated carbocycles. The summed E-state index contributed by atoms with van der Waals surface area (Å²) in [6, 6.07) is 81.8. The molecule has 11 rings (SSSR count). The first-order valence-electron chi connectivity index (χ1n) is 20.4. The molecule has 0 aliphatic carbocycles. The third-order valence-corrected chi connectivity index (χ3v) is 11.5. The van der Waals surface area contributed by atoms with Crippen molar-refractivity contribution in [2.24, 2.45) is 0 Å². The van der Waals surface area contributed by atoms with Crippen LogP contribution in [0.15, 0.2) is 235 Å². The number of oxazole rings is 1. The van der Waals surface area contributed by atoms with Crippen molar-refractivity contribution in [1.29, 1.82) is 0 Å². The maximum atomic E-state index is 6.59. The Morgan fingerprint density at radius 1 is 0.317 bits per heavy atom. The molecule has 3 nitrogen and oxygen atoms in total. The molecule has 3 heteroatoms. The van der Waals surface area contributed by atoms with Crippen LogP contribution in [0.3, 0.4) is 0 Å². The van der Waals surface area contributed by atoms with Crippen LogP contribution in [0.2, 0.25) is 0 Å². The average molecular weight is 767 g/mol. The zero-order chi connectivity index (χ0) is 39.8. The Morgan fingerprint density at radius 2 is 0.700 bits per heavy atom. The summed E-state index contributed by atoms with van der Waals surface area (Å²) < 4.78 is 6.59. The lowest BCUT2D eigenvalue weighted by atomic mass is 9.97. The quantitative estimate of drug-likeness (QED) is 0.144. The highest BCUT2D eigenvalue weighted by Crippen LogP contribution is 2.40. The Morgan fingerprint density at radius 3 is 1.20 bits per heavy atom. The molecule has 0 aliphatic heterocycles. The van der Waals surface area contributed by atoms with E-state index < -0.39 is 0 Å². The summed E-state index contributed by atoms with van der Waals surface area (Å²) in [4.78, 5) is 7.27. The minimum Gasteiger partial charge on any atom is -0.435 e. The summed E-state index contributed by atoms with van der Waals surface area (Å²) in [6.45, 7) is 0. The third kappa shape index (κ3) is 6.58. The Hall–Kier alpha value is -8.01. The molecule has 1 aromatic heterocycles. The fraction of sp³-hybridized carbons (Fsp3) is 0. The largest absolute Gasteiger partial charge is 0.435 e. The van der Waals surface area contributed by atoms with Crippen molar-refractivity contribution in [3.05, 3.63) is 231 Å². The maximum absolute atomic E-state index is 6.59. The molecule has 0 spiro atoms. The summed E-state index contributed by atoms with van der Waals surface area (Å²) in [6.07, 6.45) is 0. The zero-order valence-corrected chi connectivity index (χ0v) is 32.7. The molecule has 0 aliphatic rings. The van der Waals surface area contributed by atoms with Crippen LogP contribution < -0.4 is 4.90 Å². The monoisotopic (exact) mass is 766 g/mol. The van der Waals surface area contributed by atoms with Crippen molar-refractivity contribution in [3.8, 4) is 56.0 Å². The summed E-state index contributed by atoms with van der Waals surface area (Å²) in [5, 5.41) is 4.51. The molecule has 0 saturated heterocycles. The van der Waals surface area contributed by atoms with Crippen LogP contribution in [-0.4, -0.2) is 4.98 Å². The van der Waals surface area contributed by atoms with Crippen LogP contribution >= 0.6 is 0 Å². The minimum atomic E-state index is 0.624. The van der Waals surface area contributed by atoms with Crippen LogP contribution in [0.5, 0.6) is 0 Å². The molecule has 0 unspecified atom stereocenters. The molecule has 11 aromatic rings. The van der Waals surface area contributed by atoms with Crippen molar-refractivity contribution in [1.82, 2.24) is 4.98 Å². The summed E-state index contributed by atoms with van der Waals surface area (Å²) in [7, 11) is 0. The Kier molecular flexibility index (Phi) is 8.83. The SMILES string of the molecule is c1ccc(-c2ccc(-c3nc4ccc5ccc6cc(-c7ccc(N(c8ccc(-c9ccccc9)cc8)c8ccc(-c9ccccc9)cc8)cc7)ccc6c5c4o3)cc2)cc1. The Balaban J connectivity index is 0.926. The van der Waals surface area contributed by atoms with Gasteiger partial charge in [-0.2, -0.15) is 0 Å². The van der Waals surface area contributed by atoms with E-state index in [0.717, 1.165) is 72.0 Å². The van der Waals surface area contributed by atoms with Gasteiger partial charge >= 0.3 is 0 Å². The van der Waals surface area contributed by atoms with Crippen LogP contribution in [0.25, 0.3) is 88.6 Å². The van der Waals surface area contributed by atoms with Crippen LogP contribution in [0, 0.1) is 0 Å². The van der Waals surface area contributed by atoms with Crippen LogP contribution in [0.1, 0.15) is 0 Å². The number of aromatic nitrogens is 1. The highest BCUT2D eigenvalue weighted by atomic mass is 16.3. The van der Waals surface area contributed by atoms with Gasteiger partial charge in [0.2, 0.25) is 5.89 Å². The number of rotatable bonds is 8. The molecule has 0 bridgehead atoms. The Bertz CT molecular complexity index is 3160. The number of anilines is 3. The second kappa shape index (κ2) is 15.1. The third-order valence-electron chi connectivity index (χ3n) is 11.5. The van der Waals surface area contributed by atoms with Gasteiger partial charge in [0.05, 0.1) is 0 Å². The second-order valence-corrected chi connectivity index (χ2v) is 15.2. The number of fused-ring (bicyclic) bond motifs is 5. The molecule has 282 valence electrons. The van der Waals surface area contributed by atoms with Gasteiger partial charge in [-0.25, -0.2) is 4.98 Å². The van der Waals surface area contributed by atoms with Crippen LogP contribution in [-0.2, 0) is 0 Å². The first-order chi connectivity index (χ1) is 29.7. The average Bonchev–Trinajstić information content (AvgIpc) is 3.78. The predicted octanol–water partition coefficient (Wildman–Crippen LogP) is 15.9. The highest BCUT2D eigenvalue weighted by Gasteiger charge is 2.16. The molecule has 10 aromatic carbocycles. The molecule has 0 fully saturated rings. The van der Waals surface area contributed by atoms with E-state index in [1.165, 1.54) is 27.8 Å². The van der Waals surface area contributed by atoms with E-state index in [-0.39, 0.29) is 0 Å². The molecule has 0 radical (unpaired) electrons. The number of hydrogen-bond donors (Lipinski definition) is 0. The summed E-state index contributed by atoms with van der Waals surface area (Å²) >= 11 is 0. The van der Waals surface area contributed by atoms with E-state index in [2.05, 4.69) is 229 Å². The first-order valence-corrected chi connectivity index (χ1v) is 20.4.